The summed E-state index contributed by atoms with van der Waals surface area (Å²) < 4.78 is 10.6. The third-order valence-electron chi connectivity index (χ3n) is 3.65. The molecule has 2 aromatic rings. The van der Waals surface area contributed by atoms with E-state index in [0.29, 0.717) is 55.4 Å². The molecule has 0 fully saturated rings. The average molecular weight is 450 g/mol. The van der Waals surface area contributed by atoms with E-state index in [0.717, 1.165) is 0 Å². The molecular weight excluding hydrogens is 424 g/mol. The molecule has 0 aromatic heterocycles. The number of aliphatic imine (C=N–C) groups is 2. The van der Waals surface area contributed by atoms with Crippen molar-refractivity contribution < 1.29 is 42.2 Å². The fourth-order valence-electron chi connectivity index (χ4n) is 2.39. The Morgan fingerprint density at radius 1 is 0.793 bits per heavy atom. The molecule has 1 radical (unpaired) electrons. The van der Waals surface area contributed by atoms with Crippen molar-refractivity contribution in [1.82, 2.24) is 0 Å². The number of hydrogen-bond donors (Lipinski definition) is 0. The van der Waals surface area contributed by atoms with E-state index in [-0.39, 0.29) is 34.0 Å². The Morgan fingerprint density at radius 3 is 1.59 bits per heavy atom. The van der Waals surface area contributed by atoms with Crippen molar-refractivity contribution in [2.24, 2.45) is 9.98 Å². The van der Waals surface area contributed by atoms with Gasteiger partial charge in [-0.05, 0) is 43.5 Å². The average Bonchev–Trinajstić information content (AvgIpc) is 2.67. The van der Waals surface area contributed by atoms with Crippen molar-refractivity contribution in [2.75, 3.05) is 26.3 Å². The van der Waals surface area contributed by atoms with Crippen molar-refractivity contribution in [1.29, 1.82) is 0 Å². The summed E-state index contributed by atoms with van der Waals surface area (Å²) in [5.41, 5.74) is 1.02. The fourth-order valence-corrected chi connectivity index (χ4v) is 2.39. The summed E-state index contributed by atoms with van der Waals surface area (Å²) in [6, 6.07) is 10.3. The van der Waals surface area contributed by atoms with Gasteiger partial charge in [0, 0.05) is 25.5 Å². The Hall–Kier alpha value is -2.54. The van der Waals surface area contributed by atoms with Crippen LogP contribution in [0.3, 0.4) is 0 Å². The molecule has 0 aliphatic rings. The van der Waals surface area contributed by atoms with Crippen LogP contribution in [0.1, 0.15) is 31.4 Å². The number of benzene rings is 2. The summed E-state index contributed by atoms with van der Waals surface area (Å²) >= 11 is 0. The number of para-hydroxylation sites is 2. The number of ether oxygens (including phenoxy) is 2. The maximum absolute atomic E-state index is 12.1. The molecule has 0 spiro atoms. The van der Waals surface area contributed by atoms with Crippen LogP contribution in [-0.2, 0) is 17.1 Å². The topological polar surface area (TPSA) is 121 Å². The Morgan fingerprint density at radius 2 is 1.21 bits per heavy atom. The standard InChI is InChI=1S/C21H26N2O4.Cu.H2O/c1-3-26-18-10-5-8-16(20(18)24)14-22-12-7-13-23-15-17-9-6-11-19(21(17)25)27-4-2;;/h5-6,8-11,14-15,24-25H,3-4,7,12-13H2,1-2H3;;1H2/q;+2;/p-2. The van der Waals surface area contributed by atoms with Gasteiger partial charge in [0.1, 0.15) is 11.5 Å². The minimum Gasteiger partial charge on any atom is -0.870 e. The van der Waals surface area contributed by atoms with Gasteiger partial charge in [-0.25, -0.2) is 0 Å². The fraction of sp³-hybridized carbons (Fsp3) is 0.333. The Balaban J connectivity index is 0.00000392. The van der Waals surface area contributed by atoms with Crippen LogP contribution >= 0.6 is 0 Å². The van der Waals surface area contributed by atoms with Gasteiger partial charge in [-0.1, -0.05) is 35.8 Å². The Kier molecular flexibility index (Phi) is 13.2. The van der Waals surface area contributed by atoms with Gasteiger partial charge in [-0.3, -0.25) is 9.98 Å². The quantitative estimate of drug-likeness (QED) is 0.311. The van der Waals surface area contributed by atoms with Crippen LogP contribution in [0, 0.1) is 0 Å². The van der Waals surface area contributed by atoms with Gasteiger partial charge in [0.25, 0.3) is 0 Å². The van der Waals surface area contributed by atoms with Crippen LogP contribution < -0.4 is 19.7 Å². The van der Waals surface area contributed by atoms with Crippen LogP contribution in [0.4, 0.5) is 0 Å². The largest absolute Gasteiger partial charge is 2.00 e. The molecule has 0 aliphatic carbocycles. The molecule has 0 aliphatic heterocycles. The first-order valence-electron chi connectivity index (χ1n) is 9.02. The molecule has 0 saturated carbocycles. The van der Waals surface area contributed by atoms with Crippen molar-refractivity contribution in [2.45, 2.75) is 20.3 Å². The zero-order chi connectivity index (χ0) is 19.5. The van der Waals surface area contributed by atoms with Gasteiger partial charge in [0.05, 0.1) is 13.2 Å². The summed E-state index contributed by atoms with van der Waals surface area (Å²) in [6.07, 6.45) is 3.84. The Labute approximate surface area is 181 Å². The minimum atomic E-state index is -0.154. The molecule has 0 atom stereocenters. The molecule has 0 bridgehead atoms. The van der Waals surface area contributed by atoms with E-state index in [9.17, 15) is 10.2 Å². The maximum Gasteiger partial charge on any atom is 2.00 e. The van der Waals surface area contributed by atoms with Crippen molar-refractivity contribution in [3.05, 3.63) is 47.5 Å². The summed E-state index contributed by atoms with van der Waals surface area (Å²) in [5.74, 6) is 0.374. The molecule has 161 valence electrons. The Bertz CT molecular complexity index is 731. The van der Waals surface area contributed by atoms with Gasteiger partial charge < -0.3 is 25.2 Å². The van der Waals surface area contributed by atoms with E-state index in [4.69, 9.17) is 9.47 Å². The smallest absolute Gasteiger partial charge is 0.870 e. The van der Waals surface area contributed by atoms with E-state index >= 15 is 0 Å². The van der Waals surface area contributed by atoms with Crippen molar-refractivity contribution >= 4 is 12.4 Å². The van der Waals surface area contributed by atoms with E-state index in [1.54, 1.807) is 48.8 Å². The summed E-state index contributed by atoms with van der Waals surface area (Å²) in [7, 11) is 0. The molecule has 8 heteroatoms. The van der Waals surface area contributed by atoms with Crippen LogP contribution in [0.5, 0.6) is 23.0 Å². The first kappa shape index (κ1) is 26.5. The van der Waals surface area contributed by atoms with Gasteiger partial charge in [-0.15, -0.1) is 0 Å². The SMILES string of the molecule is CCOc1cccc(C=NCCCN=Cc2cccc(OCC)c2[O-])c1[O-].O.[Cu+2]. The first-order chi connectivity index (χ1) is 13.2. The van der Waals surface area contributed by atoms with Gasteiger partial charge >= 0.3 is 17.1 Å². The van der Waals surface area contributed by atoms with Crippen LogP contribution in [0.2, 0.25) is 0 Å². The second-order valence-electron chi connectivity index (χ2n) is 5.64. The predicted molar refractivity (Wildman–Crippen MR) is 107 cm³/mol. The molecule has 0 saturated heterocycles. The van der Waals surface area contributed by atoms with Gasteiger partial charge in [0.2, 0.25) is 0 Å². The van der Waals surface area contributed by atoms with Crippen LogP contribution in [0.15, 0.2) is 46.4 Å². The monoisotopic (exact) mass is 449 g/mol. The third kappa shape index (κ3) is 8.15. The van der Waals surface area contributed by atoms with E-state index in [1.165, 1.54) is 0 Å². The normalized spacial score (nSPS) is 10.6. The second kappa shape index (κ2) is 14.5. The zero-order valence-electron chi connectivity index (χ0n) is 16.5. The number of nitrogens with zero attached hydrogens (tertiary/aromatic N) is 2. The van der Waals surface area contributed by atoms with E-state index in [1.807, 2.05) is 13.8 Å². The number of hydrogen-bond acceptors (Lipinski definition) is 6. The van der Waals surface area contributed by atoms with Gasteiger partial charge in [0.15, 0.2) is 0 Å². The maximum atomic E-state index is 12.1. The molecule has 0 amide bonds. The minimum absolute atomic E-state index is 0. The molecule has 0 heterocycles. The molecule has 2 N–H and O–H groups in total. The van der Waals surface area contributed by atoms with Crippen molar-refractivity contribution in [3.8, 4) is 23.0 Å². The third-order valence-corrected chi connectivity index (χ3v) is 3.65. The molecule has 29 heavy (non-hydrogen) atoms. The molecular formula is C21H26CuN2O5. The molecule has 0 unspecified atom stereocenters. The molecule has 2 aromatic carbocycles. The first-order valence-corrected chi connectivity index (χ1v) is 9.02. The van der Waals surface area contributed by atoms with E-state index in [2.05, 4.69) is 9.98 Å². The zero-order valence-corrected chi connectivity index (χ0v) is 17.4. The predicted octanol–water partition coefficient (Wildman–Crippen LogP) is 1.73. The summed E-state index contributed by atoms with van der Waals surface area (Å²) in [5, 5.41) is 24.2. The van der Waals surface area contributed by atoms with Crippen LogP contribution in [-0.4, -0.2) is 44.2 Å². The molecule has 7 nitrogen and oxygen atoms in total. The van der Waals surface area contributed by atoms with Crippen LogP contribution in [0.25, 0.3) is 0 Å². The second-order valence-corrected chi connectivity index (χ2v) is 5.64. The summed E-state index contributed by atoms with van der Waals surface area (Å²) in [4.78, 5) is 8.54. The molecule has 2 rings (SSSR count). The number of rotatable bonds is 10. The summed E-state index contributed by atoms with van der Waals surface area (Å²) in [6.45, 7) is 5.66. The van der Waals surface area contributed by atoms with E-state index < -0.39 is 0 Å². The van der Waals surface area contributed by atoms with Crippen molar-refractivity contribution in [3.63, 3.8) is 0 Å². The van der Waals surface area contributed by atoms with Gasteiger partial charge in [-0.2, -0.15) is 0 Å².